The van der Waals surface area contributed by atoms with Gasteiger partial charge in [0.05, 0.1) is 11.1 Å². The molecule has 2 rings (SSSR count). The van der Waals surface area contributed by atoms with Gasteiger partial charge in [-0.15, -0.1) is 5.10 Å². The Morgan fingerprint density at radius 3 is 2.27 bits per heavy atom. The minimum Gasteiger partial charge on any atom is -0.307 e. The quantitative estimate of drug-likeness (QED) is 0.331. The van der Waals surface area contributed by atoms with Crippen molar-refractivity contribution in [3.05, 3.63) is 53.5 Å². The van der Waals surface area contributed by atoms with Gasteiger partial charge in [-0.05, 0) is 51.3 Å². The lowest BCUT2D eigenvalue weighted by Crippen LogP contribution is -2.27. The van der Waals surface area contributed by atoms with Crippen molar-refractivity contribution >= 4 is 18.8 Å². The fraction of sp³-hybridized carbons (Fsp3) is 0.333. The average molecular weight is 472 g/mol. The van der Waals surface area contributed by atoms with Crippen LogP contribution in [0.5, 0.6) is 0 Å². The first-order valence-corrected chi connectivity index (χ1v) is 9.60. The molecule has 0 aliphatic rings. The number of rotatable bonds is 7. The van der Waals surface area contributed by atoms with E-state index in [0.717, 1.165) is 5.57 Å². The average Bonchev–Trinajstić information content (AvgIpc) is 3.22. The Labute approximate surface area is 186 Å². The highest BCUT2D eigenvalue weighted by Gasteiger charge is 2.37. The van der Waals surface area contributed by atoms with Crippen LogP contribution in [-0.2, 0) is 12.4 Å². The third kappa shape index (κ3) is 7.67. The largest absolute Gasteiger partial charge is 0.416 e. The smallest absolute Gasteiger partial charge is 0.307 e. The summed E-state index contributed by atoms with van der Waals surface area (Å²) < 4.78 is 79.4. The molecule has 6 nitrogen and oxygen atoms in total. The summed E-state index contributed by atoms with van der Waals surface area (Å²) >= 11 is 0. The number of alkyl halides is 6. The van der Waals surface area contributed by atoms with Gasteiger partial charge in [0.25, 0.3) is 0 Å². The molecule has 1 heterocycles. The Balaban J connectivity index is 2.12. The standard InChI is InChI=1S/C21H22F6N6/c1-13(11-30-15(3)28-4)14(2)29-6-5-7-33-12-31-19(32-33)16-8-17(20(22,23)24)10-18(9-16)21(25,26)27/h5,7-12,14,29H,4,6H2,1-3H3. The van der Waals surface area contributed by atoms with Crippen LogP contribution in [0.15, 0.2) is 52.4 Å². The van der Waals surface area contributed by atoms with E-state index in [1.54, 1.807) is 19.2 Å². The molecule has 0 saturated carbocycles. The zero-order valence-corrected chi connectivity index (χ0v) is 18.0. The summed E-state index contributed by atoms with van der Waals surface area (Å²) in [5, 5.41) is 7.15. The van der Waals surface area contributed by atoms with Crippen LogP contribution in [0.4, 0.5) is 26.3 Å². The number of nitrogens with zero attached hydrogens (tertiary/aromatic N) is 5. The monoisotopic (exact) mass is 472 g/mol. The molecule has 0 saturated heterocycles. The van der Waals surface area contributed by atoms with Crippen molar-refractivity contribution in [3.63, 3.8) is 0 Å². The number of nitrogens with one attached hydrogen (secondary N) is 1. The lowest BCUT2D eigenvalue weighted by Gasteiger charge is -2.13. The van der Waals surface area contributed by atoms with Gasteiger partial charge in [0, 0.05) is 30.5 Å². The van der Waals surface area contributed by atoms with Crippen LogP contribution in [0.25, 0.3) is 17.6 Å². The predicted octanol–water partition coefficient (Wildman–Crippen LogP) is 5.45. The van der Waals surface area contributed by atoms with E-state index in [4.69, 9.17) is 0 Å². The van der Waals surface area contributed by atoms with Crippen LogP contribution in [0.3, 0.4) is 0 Å². The summed E-state index contributed by atoms with van der Waals surface area (Å²) in [4.78, 5) is 11.6. The van der Waals surface area contributed by atoms with Crippen molar-refractivity contribution in [2.24, 2.45) is 9.98 Å². The van der Waals surface area contributed by atoms with Crippen molar-refractivity contribution in [1.29, 1.82) is 0 Å². The second-order valence-electron chi connectivity index (χ2n) is 7.06. The number of amidine groups is 1. The fourth-order valence-electron chi connectivity index (χ4n) is 2.48. The van der Waals surface area contributed by atoms with Crippen molar-refractivity contribution in [2.75, 3.05) is 6.54 Å². The van der Waals surface area contributed by atoms with Crippen molar-refractivity contribution in [1.82, 2.24) is 20.1 Å². The second kappa shape index (κ2) is 10.6. The third-order valence-electron chi connectivity index (χ3n) is 4.52. The van der Waals surface area contributed by atoms with Gasteiger partial charge < -0.3 is 5.32 Å². The molecule has 2 aromatic rings. The van der Waals surface area contributed by atoms with E-state index < -0.39 is 23.5 Å². The van der Waals surface area contributed by atoms with Gasteiger partial charge >= 0.3 is 12.4 Å². The zero-order valence-electron chi connectivity index (χ0n) is 18.0. The number of aliphatic imine (C=N–C) groups is 2. The molecule has 0 bridgehead atoms. The Morgan fingerprint density at radius 1 is 1.12 bits per heavy atom. The predicted molar refractivity (Wildman–Crippen MR) is 115 cm³/mol. The van der Waals surface area contributed by atoms with Gasteiger partial charge in [-0.3, -0.25) is 0 Å². The Bertz CT molecular complexity index is 1030. The highest BCUT2D eigenvalue weighted by Crippen LogP contribution is 2.38. The molecule has 12 heteroatoms. The van der Waals surface area contributed by atoms with Crippen molar-refractivity contribution in [2.45, 2.75) is 39.2 Å². The molecule has 1 aromatic heterocycles. The summed E-state index contributed by atoms with van der Waals surface area (Å²) in [5.41, 5.74) is -2.30. The summed E-state index contributed by atoms with van der Waals surface area (Å²) in [7, 11) is 0. The molecule has 1 atom stereocenters. The van der Waals surface area contributed by atoms with Crippen LogP contribution in [-0.4, -0.2) is 39.9 Å². The molecule has 0 aliphatic carbocycles. The number of halogens is 6. The topological polar surface area (TPSA) is 67.5 Å². The molecular formula is C21H22F6N6. The van der Waals surface area contributed by atoms with E-state index in [1.807, 2.05) is 13.8 Å². The molecule has 33 heavy (non-hydrogen) atoms. The molecule has 0 radical (unpaired) electrons. The van der Waals surface area contributed by atoms with Crippen LogP contribution in [0.2, 0.25) is 0 Å². The number of aromatic nitrogens is 3. The van der Waals surface area contributed by atoms with Gasteiger partial charge in [0.15, 0.2) is 5.82 Å². The van der Waals surface area contributed by atoms with E-state index in [-0.39, 0.29) is 23.5 Å². The zero-order chi connectivity index (χ0) is 24.8. The highest BCUT2D eigenvalue weighted by atomic mass is 19.4. The van der Waals surface area contributed by atoms with E-state index in [2.05, 4.69) is 32.1 Å². The lowest BCUT2D eigenvalue weighted by atomic mass is 10.0. The fourth-order valence-corrected chi connectivity index (χ4v) is 2.48. The SMILES string of the molecule is C=NC(C)=NC=C(C)C(C)NCC=Cn1cnc(-c2cc(C(F)(F)F)cc(C(F)(F)F)c2)n1. The molecule has 0 fully saturated rings. The van der Waals surface area contributed by atoms with E-state index in [1.165, 1.54) is 17.2 Å². The summed E-state index contributed by atoms with van der Waals surface area (Å²) in [5.74, 6) is 0.270. The summed E-state index contributed by atoms with van der Waals surface area (Å²) in [6, 6.07) is 1.21. The maximum absolute atomic E-state index is 13.0. The van der Waals surface area contributed by atoms with E-state index in [0.29, 0.717) is 24.5 Å². The lowest BCUT2D eigenvalue weighted by molar-refractivity contribution is -0.143. The summed E-state index contributed by atoms with van der Waals surface area (Å²) in [6.45, 7) is 9.31. The Morgan fingerprint density at radius 2 is 1.73 bits per heavy atom. The number of benzene rings is 1. The van der Waals surface area contributed by atoms with Gasteiger partial charge in [-0.2, -0.15) is 26.3 Å². The first-order chi connectivity index (χ1) is 15.3. The van der Waals surface area contributed by atoms with Crippen LogP contribution >= 0.6 is 0 Å². The minimum atomic E-state index is -4.94. The molecular weight excluding hydrogens is 450 g/mol. The van der Waals surface area contributed by atoms with Gasteiger partial charge in [-0.1, -0.05) is 6.08 Å². The molecule has 1 unspecified atom stereocenters. The molecule has 0 spiro atoms. The first-order valence-electron chi connectivity index (χ1n) is 9.60. The van der Waals surface area contributed by atoms with Crippen LogP contribution < -0.4 is 5.32 Å². The second-order valence-corrected chi connectivity index (χ2v) is 7.06. The highest BCUT2D eigenvalue weighted by molar-refractivity contribution is 5.84. The third-order valence-corrected chi connectivity index (χ3v) is 4.52. The normalized spacial score (nSPS) is 14.7. The van der Waals surface area contributed by atoms with Crippen molar-refractivity contribution in [3.8, 4) is 11.4 Å². The molecule has 1 aromatic carbocycles. The minimum absolute atomic E-state index is 0.0202. The van der Waals surface area contributed by atoms with Gasteiger partial charge in [0.2, 0.25) is 0 Å². The van der Waals surface area contributed by atoms with Gasteiger partial charge in [0.1, 0.15) is 12.2 Å². The molecule has 0 amide bonds. The van der Waals surface area contributed by atoms with Crippen LogP contribution in [0, 0.1) is 0 Å². The summed E-state index contributed by atoms with van der Waals surface area (Å²) in [6.07, 6.45) is -3.88. The Kier molecular flexibility index (Phi) is 8.31. The number of hydrogen-bond donors (Lipinski definition) is 1. The Hall–Kier alpha value is -3.28. The maximum Gasteiger partial charge on any atom is 0.416 e. The number of hydrogen-bond acceptors (Lipinski definition) is 4. The maximum atomic E-state index is 13.0. The van der Waals surface area contributed by atoms with Gasteiger partial charge in [-0.25, -0.2) is 19.7 Å². The molecule has 178 valence electrons. The van der Waals surface area contributed by atoms with E-state index in [9.17, 15) is 26.3 Å². The van der Waals surface area contributed by atoms with Crippen LogP contribution in [0.1, 0.15) is 31.9 Å². The van der Waals surface area contributed by atoms with Crippen molar-refractivity contribution < 1.29 is 26.3 Å². The molecule has 1 N–H and O–H groups in total. The van der Waals surface area contributed by atoms with E-state index >= 15 is 0 Å². The first kappa shape index (κ1) is 26.0. The molecule has 0 aliphatic heterocycles.